The molecule has 7 heteroatoms. The number of carbonyl (C=O) groups is 2. The molecule has 0 aromatic heterocycles. The lowest BCUT2D eigenvalue weighted by atomic mass is 9.77. The normalized spacial score (nSPS) is 14.0. The lowest BCUT2D eigenvalue weighted by molar-refractivity contribution is -0.134. The Hall–Kier alpha value is -4.26. The Balaban J connectivity index is 0.000000342. The highest BCUT2D eigenvalue weighted by Gasteiger charge is 2.53. The summed E-state index contributed by atoms with van der Waals surface area (Å²) in [5.41, 5.74) is 1.28. The fraction of sp³-hybridized carbons (Fsp3) is 0.0833. The standard InChI is InChI=1S/C20H12O5.C4H6O2/c21-11-5-7-15-17(9-11)24-18-10-12(22)6-8-16(18)20(15)14-4-2-1-3-13(14)19(23)25-20;1-3-4(5)6-2/h1-10,21-22H;3H,1H2,2H3. The van der Waals surface area contributed by atoms with Crippen LogP contribution in [0.25, 0.3) is 0 Å². The smallest absolute Gasteiger partial charge is 0.340 e. The average Bonchev–Trinajstić information content (AvgIpc) is 3.06. The van der Waals surface area contributed by atoms with Gasteiger partial charge in [0.2, 0.25) is 0 Å². The molecular formula is C24H18O7. The summed E-state index contributed by atoms with van der Waals surface area (Å²) in [6.45, 7) is 3.16. The Kier molecular flexibility index (Phi) is 4.87. The molecule has 5 rings (SSSR count). The Morgan fingerprint density at radius 1 is 0.968 bits per heavy atom. The number of phenols is 2. The van der Waals surface area contributed by atoms with Crippen LogP contribution in [-0.4, -0.2) is 29.3 Å². The van der Waals surface area contributed by atoms with Gasteiger partial charge in [-0.05, 0) is 30.3 Å². The largest absolute Gasteiger partial charge is 0.508 e. The van der Waals surface area contributed by atoms with Crippen molar-refractivity contribution in [2.75, 3.05) is 7.11 Å². The van der Waals surface area contributed by atoms with Crippen LogP contribution in [0, 0.1) is 0 Å². The number of methoxy groups -OCH3 is 1. The van der Waals surface area contributed by atoms with Crippen LogP contribution >= 0.6 is 0 Å². The molecule has 31 heavy (non-hydrogen) atoms. The van der Waals surface area contributed by atoms with E-state index in [0.29, 0.717) is 33.8 Å². The fourth-order valence-electron chi connectivity index (χ4n) is 3.74. The predicted molar refractivity (Wildman–Crippen MR) is 110 cm³/mol. The number of hydrogen-bond donors (Lipinski definition) is 2. The zero-order chi connectivity index (χ0) is 22.2. The second-order valence-corrected chi connectivity index (χ2v) is 6.81. The van der Waals surface area contributed by atoms with Gasteiger partial charge in [-0.25, -0.2) is 9.59 Å². The number of hydrogen-bond acceptors (Lipinski definition) is 7. The zero-order valence-electron chi connectivity index (χ0n) is 16.5. The van der Waals surface area contributed by atoms with Gasteiger partial charge in [-0.2, -0.15) is 0 Å². The van der Waals surface area contributed by atoms with Crippen molar-refractivity contribution in [3.05, 3.63) is 95.6 Å². The maximum absolute atomic E-state index is 12.5. The molecule has 2 heterocycles. The molecule has 0 atom stereocenters. The van der Waals surface area contributed by atoms with Crippen molar-refractivity contribution in [1.29, 1.82) is 0 Å². The highest BCUT2D eigenvalue weighted by Crippen LogP contribution is 2.56. The molecular weight excluding hydrogens is 400 g/mol. The molecule has 3 aromatic carbocycles. The average molecular weight is 418 g/mol. The molecule has 1 spiro atoms. The molecule has 0 fully saturated rings. The number of fused-ring (bicyclic) bond motifs is 6. The first-order chi connectivity index (χ1) is 14.9. The van der Waals surface area contributed by atoms with E-state index in [-0.39, 0.29) is 11.5 Å². The van der Waals surface area contributed by atoms with E-state index < -0.39 is 17.5 Å². The van der Waals surface area contributed by atoms with Gasteiger partial charge in [-0.3, -0.25) is 0 Å². The number of phenolic OH excluding ortho intramolecular Hbond substituents is 2. The number of ether oxygens (including phenoxy) is 3. The van der Waals surface area contributed by atoms with E-state index in [0.717, 1.165) is 6.08 Å². The molecule has 7 nitrogen and oxygen atoms in total. The monoisotopic (exact) mass is 418 g/mol. The van der Waals surface area contributed by atoms with Crippen LogP contribution in [-0.2, 0) is 19.9 Å². The molecule has 2 aliphatic heterocycles. The molecule has 2 N–H and O–H groups in total. The fourth-order valence-corrected chi connectivity index (χ4v) is 3.74. The first-order valence-electron chi connectivity index (χ1n) is 9.28. The van der Waals surface area contributed by atoms with Gasteiger partial charge in [0.1, 0.15) is 23.0 Å². The van der Waals surface area contributed by atoms with Crippen molar-refractivity contribution >= 4 is 11.9 Å². The van der Waals surface area contributed by atoms with Gasteiger partial charge in [-0.1, -0.05) is 24.8 Å². The summed E-state index contributed by atoms with van der Waals surface area (Å²) in [4.78, 5) is 22.4. The third kappa shape index (κ3) is 3.16. The molecule has 0 aliphatic carbocycles. The number of carbonyl (C=O) groups excluding carboxylic acids is 2. The predicted octanol–water partition coefficient (Wildman–Crippen LogP) is 4.01. The van der Waals surface area contributed by atoms with Crippen molar-refractivity contribution in [2.45, 2.75) is 5.60 Å². The second-order valence-electron chi connectivity index (χ2n) is 6.81. The molecule has 0 unspecified atom stereocenters. The van der Waals surface area contributed by atoms with Crippen LogP contribution in [0.2, 0.25) is 0 Å². The van der Waals surface area contributed by atoms with Crippen LogP contribution in [0.3, 0.4) is 0 Å². The zero-order valence-corrected chi connectivity index (χ0v) is 16.5. The number of benzene rings is 3. The Bertz CT molecular complexity index is 1160. The summed E-state index contributed by atoms with van der Waals surface area (Å²) >= 11 is 0. The van der Waals surface area contributed by atoms with E-state index in [1.54, 1.807) is 24.3 Å². The van der Waals surface area contributed by atoms with Crippen LogP contribution in [0.1, 0.15) is 27.0 Å². The molecule has 0 saturated heterocycles. The Morgan fingerprint density at radius 3 is 2.06 bits per heavy atom. The SMILES string of the molecule is C=CC(=O)OC.O=C1OC2(c3ccc(O)cc3Oc3cc(O)ccc32)c2ccccc21. The van der Waals surface area contributed by atoms with Crippen molar-refractivity contribution in [3.63, 3.8) is 0 Å². The van der Waals surface area contributed by atoms with Crippen molar-refractivity contribution < 1.29 is 34.0 Å². The second kappa shape index (κ2) is 7.53. The minimum atomic E-state index is -1.17. The number of aromatic hydroxyl groups is 2. The van der Waals surface area contributed by atoms with Gasteiger partial charge >= 0.3 is 11.9 Å². The van der Waals surface area contributed by atoms with E-state index >= 15 is 0 Å². The highest BCUT2D eigenvalue weighted by molar-refractivity contribution is 5.97. The van der Waals surface area contributed by atoms with Crippen LogP contribution < -0.4 is 4.74 Å². The van der Waals surface area contributed by atoms with E-state index in [9.17, 15) is 19.8 Å². The third-order valence-corrected chi connectivity index (χ3v) is 5.05. The van der Waals surface area contributed by atoms with Crippen molar-refractivity contribution in [3.8, 4) is 23.0 Å². The maximum Gasteiger partial charge on any atom is 0.340 e. The summed E-state index contributed by atoms with van der Waals surface area (Å²) < 4.78 is 15.9. The first kappa shape index (κ1) is 20.0. The summed E-state index contributed by atoms with van der Waals surface area (Å²) in [6, 6.07) is 16.6. The lowest BCUT2D eigenvalue weighted by Crippen LogP contribution is -2.32. The topological polar surface area (TPSA) is 102 Å². The van der Waals surface area contributed by atoms with E-state index in [1.807, 2.05) is 12.1 Å². The van der Waals surface area contributed by atoms with Gasteiger partial charge in [0, 0.05) is 34.9 Å². The van der Waals surface area contributed by atoms with Crippen LogP contribution in [0.15, 0.2) is 73.3 Å². The van der Waals surface area contributed by atoms with Crippen LogP contribution in [0.4, 0.5) is 0 Å². The lowest BCUT2D eigenvalue weighted by Gasteiger charge is -2.36. The summed E-state index contributed by atoms with van der Waals surface area (Å²) in [7, 11) is 1.31. The Labute approximate surface area is 177 Å². The molecule has 0 saturated carbocycles. The molecule has 3 aromatic rings. The van der Waals surface area contributed by atoms with E-state index in [2.05, 4.69) is 11.3 Å². The Morgan fingerprint density at radius 2 is 1.55 bits per heavy atom. The maximum atomic E-state index is 12.5. The van der Waals surface area contributed by atoms with E-state index in [1.165, 1.54) is 31.4 Å². The van der Waals surface area contributed by atoms with Gasteiger partial charge in [0.15, 0.2) is 5.60 Å². The molecule has 0 bridgehead atoms. The quantitative estimate of drug-likeness (QED) is 0.455. The third-order valence-electron chi connectivity index (χ3n) is 5.05. The van der Waals surface area contributed by atoms with Crippen LogP contribution in [0.5, 0.6) is 23.0 Å². The summed E-state index contributed by atoms with van der Waals surface area (Å²) in [6.07, 6.45) is 1.11. The summed E-state index contributed by atoms with van der Waals surface area (Å²) in [5, 5.41) is 19.7. The van der Waals surface area contributed by atoms with Gasteiger partial charge in [-0.15, -0.1) is 0 Å². The first-order valence-corrected chi connectivity index (χ1v) is 9.28. The van der Waals surface area contributed by atoms with Gasteiger partial charge in [0.25, 0.3) is 0 Å². The summed E-state index contributed by atoms with van der Waals surface area (Å²) in [5.74, 6) is 0.0148. The van der Waals surface area contributed by atoms with Gasteiger partial charge < -0.3 is 24.4 Å². The van der Waals surface area contributed by atoms with Crippen molar-refractivity contribution in [1.82, 2.24) is 0 Å². The minimum absolute atomic E-state index is 0.0371. The van der Waals surface area contributed by atoms with Crippen molar-refractivity contribution in [2.24, 2.45) is 0 Å². The number of rotatable bonds is 1. The molecule has 0 radical (unpaired) electrons. The van der Waals surface area contributed by atoms with E-state index in [4.69, 9.17) is 9.47 Å². The molecule has 0 amide bonds. The molecule has 156 valence electrons. The minimum Gasteiger partial charge on any atom is -0.508 e. The molecule has 2 aliphatic rings. The van der Waals surface area contributed by atoms with Gasteiger partial charge in [0.05, 0.1) is 12.7 Å². The number of esters is 2. The highest BCUT2D eigenvalue weighted by atomic mass is 16.6.